The monoisotopic (exact) mass is 599 g/mol. The van der Waals surface area contributed by atoms with Crippen LogP contribution in [0.4, 0.5) is 10.1 Å². The molecule has 216 valence electrons. The van der Waals surface area contributed by atoms with E-state index in [4.69, 9.17) is 27.9 Å². The Balaban J connectivity index is 1.33. The van der Waals surface area contributed by atoms with E-state index < -0.39 is 41.3 Å². The summed E-state index contributed by atoms with van der Waals surface area (Å²) in [5, 5.41) is 6.79. The summed E-state index contributed by atoms with van der Waals surface area (Å²) in [7, 11) is 0. The highest BCUT2D eigenvalue weighted by Crippen LogP contribution is 2.55. The van der Waals surface area contributed by atoms with Crippen LogP contribution in [0.2, 0.25) is 10.0 Å². The predicted octanol–water partition coefficient (Wildman–Crippen LogP) is 5.36. The fourth-order valence-corrected chi connectivity index (χ4v) is 7.65. The molecular weight excluding hydrogens is 568 g/mol. The topological polar surface area (TPSA) is 87.7 Å². The van der Waals surface area contributed by atoms with Crippen LogP contribution in [-0.4, -0.2) is 46.4 Å². The number of fused-ring (bicyclic) bond motifs is 1. The lowest BCUT2D eigenvalue weighted by Gasteiger charge is -2.38. The van der Waals surface area contributed by atoms with Crippen LogP contribution in [0.3, 0.4) is 0 Å². The average Bonchev–Trinajstić information content (AvgIpc) is 3.55. The third-order valence-corrected chi connectivity index (χ3v) is 9.79. The maximum Gasteiger partial charge on any atom is 0.246 e. The second-order valence-corrected chi connectivity index (χ2v) is 12.7. The van der Waals surface area contributed by atoms with Gasteiger partial charge < -0.3 is 20.3 Å². The van der Waals surface area contributed by atoms with Gasteiger partial charge in [-0.15, -0.1) is 0 Å². The minimum absolute atomic E-state index is 0.0290. The highest BCUT2D eigenvalue weighted by atomic mass is 35.5. The van der Waals surface area contributed by atoms with Gasteiger partial charge in [0.05, 0.1) is 17.9 Å². The van der Waals surface area contributed by atoms with Gasteiger partial charge in [0.1, 0.15) is 17.5 Å². The van der Waals surface area contributed by atoms with Crippen LogP contribution in [0.25, 0.3) is 0 Å². The van der Waals surface area contributed by atoms with E-state index in [1.807, 2.05) is 0 Å². The molecule has 0 radical (unpaired) electrons. The van der Waals surface area contributed by atoms with Gasteiger partial charge in [0.25, 0.3) is 0 Å². The lowest BCUT2D eigenvalue weighted by molar-refractivity contribution is -0.142. The molecule has 3 aliphatic heterocycles. The minimum Gasteiger partial charge on any atom is -0.359 e. The van der Waals surface area contributed by atoms with Gasteiger partial charge in [0.15, 0.2) is 0 Å². The zero-order chi connectivity index (χ0) is 29.1. The number of carbonyl (C=O) groups is 3. The SMILES string of the molecule is C[C@@H]1[C@H](C)CCC[C@@H]1NC(=O)[C@@H]1N(Cc2ccc(F)cc2)C(=O)[C@@H]2[C@@H](C(=O)Nc3cc(Cl)cc(Cl)c3)[C@@H]3C=C[C@]21O3. The molecule has 1 aliphatic carbocycles. The molecule has 7 nitrogen and oxygen atoms in total. The van der Waals surface area contributed by atoms with Crippen LogP contribution in [0, 0.1) is 29.5 Å². The molecule has 2 bridgehead atoms. The van der Waals surface area contributed by atoms with Crippen LogP contribution >= 0.6 is 23.2 Å². The smallest absolute Gasteiger partial charge is 0.246 e. The third-order valence-electron chi connectivity index (χ3n) is 9.36. The highest BCUT2D eigenvalue weighted by molar-refractivity contribution is 6.35. The fraction of sp³-hybridized carbons (Fsp3) is 0.452. The summed E-state index contributed by atoms with van der Waals surface area (Å²) in [6.07, 6.45) is 5.87. The quantitative estimate of drug-likeness (QED) is 0.437. The molecule has 3 fully saturated rings. The number of ether oxygens (including phenoxy) is 1. The maximum absolute atomic E-state index is 14.2. The summed E-state index contributed by atoms with van der Waals surface area (Å²) in [6, 6.07) is 9.52. The number of rotatable bonds is 6. The summed E-state index contributed by atoms with van der Waals surface area (Å²) < 4.78 is 20.1. The summed E-state index contributed by atoms with van der Waals surface area (Å²) in [4.78, 5) is 43.5. The van der Waals surface area contributed by atoms with Crippen LogP contribution < -0.4 is 10.6 Å². The standard InChI is InChI=1S/C31H32Cl2FN3O4/c1-16-4-3-5-23(17(16)2)36-29(39)27-31-11-10-24(41-31)25(28(38)35-22-13-19(32)12-20(33)14-22)26(31)30(40)37(27)15-18-6-8-21(34)9-7-18/h6-14,16-17,23-27H,3-5,15H2,1-2H3,(H,35,38)(H,36,39)/t16-,17-,23+,24+,25+,26+,27+,31+/m1/s1. The molecule has 1 saturated carbocycles. The number of nitrogens with one attached hydrogen (secondary N) is 2. The van der Waals surface area contributed by atoms with E-state index in [0.717, 1.165) is 19.3 Å². The first-order valence-electron chi connectivity index (χ1n) is 14.1. The molecule has 4 aliphatic rings. The molecule has 0 aromatic heterocycles. The molecule has 2 aromatic rings. The van der Waals surface area contributed by atoms with Gasteiger partial charge in [-0.1, -0.05) is 74.2 Å². The van der Waals surface area contributed by atoms with E-state index in [9.17, 15) is 18.8 Å². The molecule has 41 heavy (non-hydrogen) atoms. The van der Waals surface area contributed by atoms with E-state index in [0.29, 0.717) is 27.2 Å². The van der Waals surface area contributed by atoms with Crippen molar-refractivity contribution in [2.45, 2.75) is 63.4 Å². The normalized spacial score (nSPS) is 33.6. The van der Waals surface area contributed by atoms with Crippen LogP contribution in [0.5, 0.6) is 0 Å². The largest absolute Gasteiger partial charge is 0.359 e. The van der Waals surface area contributed by atoms with Gasteiger partial charge in [-0.2, -0.15) is 0 Å². The van der Waals surface area contributed by atoms with Gasteiger partial charge in [0, 0.05) is 28.3 Å². The van der Waals surface area contributed by atoms with Crippen molar-refractivity contribution in [2.75, 3.05) is 5.32 Å². The molecule has 3 heterocycles. The van der Waals surface area contributed by atoms with E-state index in [1.54, 1.807) is 42.5 Å². The summed E-state index contributed by atoms with van der Waals surface area (Å²) in [6.45, 7) is 4.41. The van der Waals surface area contributed by atoms with Crippen LogP contribution in [0.1, 0.15) is 38.7 Å². The number of anilines is 1. The van der Waals surface area contributed by atoms with Crippen molar-refractivity contribution in [3.63, 3.8) is 0 Å². The first-order valence-corrected chi connectivity index (χ1v) is 14.8. The average molecular weight is 601 g/mol. The van der Waals surface area contributed by atoms with E-state index >= 15 is 0 Å². The van der Waals surface area contributed by atoms with Gasteiger partial charge in [0.2, 0.25) is 17.7 Å². The van der Waals surface area contributed by atoms with Crippen molar-refractivity contribution in [2.24, 2.45) is 23.7 Å². The van der Waals surface area contributed by atoms with Crippen molar-refractivity contribution in [1.82, 2.24) is 10.2 Å². The van der Waals surface area contributed by atoms with Crippen LogP contribution in [0.15, 0.2) is 54.6 Å². The zero-order valence-corrected chi connectivity index (χ0v) is 24.3. The van der Waals surface area contributed by atoms with Crippen LogP contribution in [-0.2, 0) is 25.7 Å². The molecule has 0 unspecified atom stereocenters. The fourth-order valence-electron chi connectivity index (χ4n) is 7.12. The lowest BCUT2D eigenvalue weighted by atomic mass is 9.73. The maximum atomic E-state index is 14.2. The van der Waals surface area contributed by atoms with Crippen molar-refractivity contribution >= 4 is 46.6 Å². The second kappa shape index (κ2) is 10.7. The number of benzene rings is 2. The van der Waals surface area contributed by atoms with E-state index in [1.165, 1.54) is 17.0 Å². The first kappa shape index (κ1) is 28.2. The Morgan fingerprint density at radius 2 is 1.78 bits per heavy atom. The van der Waals surface area contributed by atoms with Gasteiger partial charge in [-0.25, -0.2) is 4.39 Å². The molecule has 6 rings (SSSR count). The van der Waals surface area contributed by atoms with Gasteiger partial charge >= 0.3 is 0 Å². The van der Waals surface area contributed by atoms with Crippen molar-refractivity contribution in [3.05, 3.63) is 76.0 Å². The molecule has 8 atom stereocenters. The molecular formula is C31H32Cl2FN3O4. The van der Waals surface area contributed by atoms with Gasteiger partial charge in [-0.3, -0.25) is 14.4 Å². The Morgan fingerprint density at radius 3 is 2.49 bits per heavy atom. The minimum atomic E-state index is -1.30. The Hall–Kier alpha value is -2.94. The van der Waals surface area contributed by atoms with E-state index in [2.05, 4.69) is 24.5 Å². The molecule has 2 aromatic carbocycles. The number of halogens is 3. The molecule has 3 amide bonds. The van der Waals surface area contributed by atoms with Gasteiger partial charge in [-0.05, 0) is 54.2 Å². The Morgan fingerprint density at radius 1 is 1.07 bits per heavy atom. The molecule has 2 N–H and O–H groups in total. The predicted molar refractivity (Wildman–Crippen MR) is 154 cm³/mol. The molecule has 2 saturated heterocycles. The van der Waals surface area contributed by atoms with E-state index in [-0.39, 0.29) is 30.3 Å². The summed E-state index contributed by atoms with van der Waals surface area (Å²) in [5.41, 5.74) is -0.234. The number of likely N-dealkylation sites (tertiary alicyclic amines) is 1. The number of carbonyl (C=O) groups excluding carboxylic acids is 3. The summed E-state index contributed by atoms with van der Waals surface area (Å²) in [5.74, 6) is -2.50. The Labute approximate surface area is 248 Å². The first-order chi connectivity index (χ1) is 19.6. The Bertz CT molecular complexity index is 1400. The molecule has 10 heteroatoms. The Kier molecular flexibility index (Phi) is 7.37. The number of hydrogen-bond donors (Lipinski definition) is 2. The zero-order valence-electron chi connectivity index (χ0n) is 22.8. The number of hydrogen-bond acceptors (Lipinski definition) is 4. The third kappa shape index (κ3) is 4.94. The molecule has 1 spiro atoms. The number of amides is 3. The number of nitrogens with zero attached hydrogens (tertiary/aromatic N) is 1. The highest BCUT2D eigenvalue weighted by Gasteiger charge is 2.72. The van der Waals surface area contributed by atoms with Crippen molar-refractivity contribution < 1.29 is 23.5 Å². The van der Waals surface area contributed by atoms with Crippen molar-refractivity contribution in [3.8, 4) is 0 Å². The van der Waals surface area contributed by atoms with Crippen molar-refractivity contribution in [1.29, 1.82) is 0 Å². The summed E-state index contributed by atoms with van der Waals surface area (Å²) >= 11 is 12.3. The second-order valence-electron chi connectivity index (χ2n) is 11.8. The lowest BCUT2D eigenvalue weighted by Crippen LogP contribution is -2.57.